The number of ether oxygens (including phenoxy) is 1. The highest BCUT2D eigenvalue weighted by Gasteiger charge is 2.41. The summed E-state index contributed by atoms with van der Waals surface area (Å²) >= 11 is 0. The second-order valence-corrected chi connectivity index (χ2v) is 16.6. The quantitative estimate of drug-likeness (QED) is 0.0797. The lowest BCUT2D eigenvalue weighted by atomic mass is 9.99. The first-order valence-corrected chi connectivity index (χ1v) is 19.4. The molecule has 1 unspecified atom stereocenters. The van der Waals surface area contributed by atoms with E-state index < -0.39 is 79.2 Å². The monoisotopic (exact) mass is 753 g/mol. The Morgan fingerprint density at radius 2 is 1.19 bits per heavy atom. The molecular weight excluding hydrogens is 693 g/mol. The standard InChI is InChI=1S/C36H60N5O10P/c1-20(2)17-28(42)39-30(22(5)6)35(46)41-31(23(7)8)34(45)40-29(18-21(3)4)52(48,49)51-27(19-26-15-13-12-14-16-26)33(44)37-24(9)32(43)38-25(10)36(47)50-11/h12-16,20-25,27,29-31H,17-19H2,1-11H3,(H,37,44)(H,38,43)(H,39,42)(H,40,45)(H,41,46)(H,48,49)/t24-,25-,27-,29+,30-,31-/m0/s1. The van der Waals surface area contributed by atoms with Gasteiger partial charge in [0.15, 0.2) is 0 Å². The van der Waals surface area contributed by atoms with Crippen LogP contribution in [0.25, 0.3) is 0 Å². The molecule has 16 heteroatoms. The van der Waals surface area contributed by atoms with Gasteiger partial charge in [-0.2, -0.15) is 0 Å². The van der Waals surface area contributed by atoms with Crippen molar-refractivity contribution >= 4 is 43.1 Å². The number of amides is 5. The Morgan fingerprint density at radius 1 is 0.673 bits per heavy atom. The van der Waals surface area contributed by atoms with Crippen LogP contribution in [0.15, 0.2) is 30.3 Å². The third kappa shape index (κ3) is 15.8. The molecule has 1 rings (SSSR count). The van der Waals surface area contributed by atoms with Gasteiger partial charge >= 0.3 is 13.6 Å². The predicted molar refractivity (Wildman–Crippen MR) is 196 cm³/mol. The molecule has 15 nitrogen and oxygen atoms in total. The fraction of sp³-hybridized carbons (Fsp3) is 0.667. The summed E-state index contributed by atoms with van der Waals surface area (Å²) in [7, 11) is -3.69. The molecule has 0 aliphatic rings. The number of esters is 1. The van der Waals surface area contributed by atoms with Crippen LogP contribution in [0.4, 0.5) is 0 Å². The zero-order chi connectivity index (χ0) is 39.9. The first-order chi connectivity index (χ1) is 24.1. The summed E-state index contributed by atoms with van der Waals surface area (Å²) in [5, 5.41) is 12.9. The van der Waals surface area contributed by atoms with Crippen molar-refractivity contribution in [2.75, 3.05) is 7.11 Å². The van der Waals surface area contributed by atoms with Crippen LogP contribution in [-0.4, -0.2) is 83.6 Å². The van der Waals surface area contributed by atoms with Crippen LogP contribution in [0, 0.1) is 23.7 Å². The maximum absolute atomic E-state index is 14.1. The van der Waals surface area contributed by atoms with Gasteiger partial charge in [-0.15, -0.1) is 0 Å². The number of hydrogen-bond donors (Lipinski definition) is 6. The van der Waals surface area contributed by atoms with E-state index in [-0.39, 0.29) is 42.9 Å². The van der Waals surface area contributed by atoms with E-state index in [1.54, 1.807) is 71.9 Å². The third-order valence-corrected chi connectivity index (χ3v) is 9.69. The fourth-order valence-electron chi connectivity index (χ4n) is 5.10. The molecule has 5 amide bonds. The summed E-state index contributed by atoms with van der Waals surface area (Å²) in [5.74, 6) is -6.31. The fourth-order valence-corrected chi connectivity index (χ4v) is 6.76. The molecule has 0 spiro atoms. The Balaban J connectivity index is 3.33. The average molecular weight is 754 g/mol. The van der Waals surface area contributed by atoms with Crippen molar-refractivity contribution in [3.8, 4) is 0 Å². The number of nitrogens with one attached hydrogen (secondary N) is 5. The van der Waals surface area contributed by atoms with Crippen LogP contribution in [0.3, 0.4) is 0 Å². The lowest BCUT2D eigenvalue weighted by molar-refractivity contribution is -0.144. The van der Waals surface area contributed by atoms with E-state index in [2.05, 4.69) is 31.3 Å². The van der Waals surface area contributed by atoms with Gasteiger partial charge in [0, 0.05) is 12.8 Å². The Labute approximate surface area is 308 Å². The lowest BCUT2D eigenvalue weighted by Gasteiger charge is -2.31. The first kappa shape index (κ1) is 46.2. The second-order valence-electron chi connectivity index (χ2n) is 14.6. The van der Waals surface area contributed by atoms with Gasteiger partial charge in [-0.1, -0.05) is 85.7 Å². The van der Waals surface area contributed by atoms with Crippen molar-refractivity contribution in [2.45, 2.75) is 125 Å². The SMILES string of the molecule is COC(=O)[C@H](C)NC(=O)[C@H](C)NC(=O)[C@H](Cc1ccccc1)OP(=O)(O)[C@H](CC(C)C)NC(=O)[C@@H](NC(=O)[C@@H](NC(=O)CC(C)C)C(C)C)C(C)C. The van der Waals surface area contributed by atoms with Crippen molar-refractivity contribution < 1.29 is 47.5 Å². The maximum Gasteiger partial charge on any atom is 0.350 e. The van der Waals surface area contributed by atoms with Crippen molar-refractivity contribution in [1.82, 2.24) is 26.6 Å². The summed E-state index contributed by atoms with van der Waals surface area (Å²) in [6.07, 6.45) is -1.55. The van der Waals surface area contributed by atoms with Crippen molar-refractivity contribution in [3.63, 3.8) is 0 Å². The number of benzene rings is 1. The van der Waals surface area contributed by atoms with E-state index in [0.29, 0.717) is 5.56 Å². The van der Waals surface area contributed by atoms with Gasteiger partial charge in [-0.3, -0.25) is 33.1 Å². The Morgan fingerprint density at radius 3 is 1.69 bits per heavy atom. The predicted octanol–water partition coefficient (Wildman–Crippen LogP) is 2.80. The summed E-state index contributed by atoms with van der Waals surface area (Å²) < 4.78 is 24.4. The van der Waals surface area contributed by atoms with Gasteiger partial charge in [0.05, 0.1) is 7.11 Å². The molecule has 0 aromatic heterocycles. The summed E-state index contributed by atoms with van der Waals surface area (Å²) in [5.41, 5.74) is 0.589. The van der Waals surface area contributed by atoms with Gasteiger partial charge in [-0.05, 0) is 49.5 Å². The molecule has 1 aromatic carbocycles. The Bertz CT molecular complexity index is 1400. The molecule has 0 radical (unpaired) electrons. The maximum atomic E-state index is 14.1. The molecular formula is C36H60N5O10P. The minimum atomic E-state index is -4.86. The molecule has 294 valence electrons. The van der Waals surface area contributed by atoms with Crippen molar-refractivity contribution in [1.29, 1.82) is 0 Å². The van der Waals surface area contributed by atoms with E-state index in [1.807, 2.05) is 13.8 Å². The topological polar surface area (TPSA) is 218 Å². The molecule has 0 bridgehead atoms. The van der Waals surface area contributed by atoms with Crippen LogP contribution in [0.1, 0.15) is 87.6 Å². The highest BCUT2D eigenvalue weighted by molar-refractivity contribution is 7.53. The Hall–Kier alpha value is -3.81. The van der Waals surface area contributed by atoms with E-state index in [4.69, 9.17) is 4.52 Å². The Kier molecular flexibility index (Phi) is 19.2. The number of carbonyl (C=O) groups is 6. The van der Waals surface area contributed by atoms with E-state index in [0.717, 1.165) is 0 Å². The first-order valence-electron chi connectivity index (χ1n) is 17.7. The minimum Gasteiger partial charge on any atom is -0.467 e. The number of rotatable bonds is 21. The van der Waals surface area contributed by atoms with Gasteiger partial charge in [-0.25, -0.2) is 4.79 Å². The highest BCUT2D eigenvalue weighted by atomic mass is 31.2. The van der Waals surface area contributed by atoms with Gasteiger partial charge in [0.25, 0.3) is 5.91 Å². The van der Waals surface area contributed by atoms with E-state index in [1.165, 1.54) is 21.0 Å². The molecule has 7 atom stereocenters. The average Bonchev–Trinajstić information content (AvgIpc) is 3.04. The molecule has 0 aliphatic heterocycles. The van der Waals surface area contributed by atoms with Crippen molar-refractivity contribution in [3.05, 3.63) is 35.9 Å². The summed E-state index contributed by atoms with van der Waals surface area (Å²) in [4.78, 5) is 89.1. The van der Waals surface area contributed by atoms with Gasteiger partial charge in [0.1, 0.15) is 36.1 Å². The van der Waals surface area contributed by atoms with Crippen LogP contribution < -0.4 is 26.6 Å². The molecule has 6 N–H and O–H groups in total. The van der Waals surface area contributed by atoms with E-state index in [9.17, 15) is 38.2 Å². The molecule has 52 heavy (non-hydrogen) atoms. The van der Waals surface area contributed by atoms with Gasteiger partial charge in [0.2, 0.25) is 23.6 Å². The van der Waals surface area contributed by atoms with Crippen LogP contribution in [-0.2, 0) is 49.0 Å². The molecule has 0 fully saturated rings. The zero-order valence-corrected chi connectivity index (χ0v) is 33.2. The number of carbonyl (C=O) groups excluding carboxylic acids is 6. The van der Waals surface area contributed by atoms with Gasteiger partial charge < -0.3 is 36.2 Å². The summed E-state index contributed by atoms with van der Waals surface area (Å²) in [6.45, 7) is 17.0. The lowest BCUT2D eigenvalue weighted by Crippen LogP contribution is -2.58. The third-order valence-electron chi connectivity index (χ3n) is 8.00. The van der Waals surface area contributed by atoms with Crippen LogP contribution in [0.5, 0.6) is 0 Å². The van der Waals surface area contributed by atoms with Crippen LogP contribution >= 0.6 is 7.60 Å². The number of methoxy groups -OCH3 is 1. The van der Waals surface area contributed by atoms with Crippen molar-refractivity contribution in [2.24, 2.45) is 23.7 Å². The zero-order valence-electron chi connectivity index (χ0n) is 32.4. The molecule has 0 saturated heterocycles. The normalized spacial score (nSPS) is 16.2. The smallest absolute Gasteiger partial charge is 0.350 e. The largest absolute Gasteiger partial charge is 0.467 e. The molecule has 1 aromatic rings. The molecule has 0 aliphatic carbocycles. The molecule has 0 heterocycles. The highest BCUT2D eigenvalue weighted by Crippen LogP contribution is 2.50. The number of hydrogen-bond acceptors (Lipinski definition) is 9. The molecule has 0 saturated carbocycles. The summed E-state index contributed by atoms with van der Waals surface area (Å²) in [6, 6.07) is 4.33. The van der Waals surface area contributed by atoms with E-state index >= 15 is 0 Å². The van der Waals surface area contributed by atoms with Crippen LogP contribution in [0.2, 0.25) is 0 Å². The minimum absolute atomic E-state index is 0.0257. The second kappa shape index (κ2) is 21.7.